The third kappa shape index (κ3) is 7.79. The Morgan fingerprint density at radius 2 is 1.88 bits per heavy atom. The summed E-state index contributed by atoms with van der Waals surface area (Å²) in [6, 6.07) is 13.6. The second kappa shape index (κ2) is 11.7. The van der Waals surface area contributed by atoms with Gasteiger partial charge in [-0.15, -0.1) is 0 Å². The Balaban J connectivity index is 1.48. The Hall–Kier alpha value is -3.06. The number of halogens is 1. The van der Waals surface area contributed by atoms with Crippen molar-refractivity contribution >= 4 is 52.2 Å². The summed E-state index contributed by atoms with van der Waals surface area (Å²) >= 11 is 3.41. The molecule has 9 nitrogen and oxygen atoms in total. The molecule has 1 heterocycles. The van der Waals surface area contributed by atoms with Crippen molar-refractivity contribution in [2.24, 2.45) is 5.10 Å². The highest BCUT2D eigenvalue weighted by atomic mass is 127. The van der Waals surface area contributed by atoms with E-state index in [1.807, 2.05) is 38.1 Å². The van der Waals surface area contributed by atoms with Crippen LogP contribution < -0.4 is 10.2 Å². The van der Waals surface area contributed by atoms with Crippen molar-refractivity contribution in [2.45, 2.75) is 25.6 Å². The Bertz CT molecular complexity index is 1170. The molecule has 1 N–H and O–H groups in total. The van der Waals surface area contributed by atoms with Gasteiger partial charge < -0.3 is 4.74 Å². The van der Waals surface area contributed by atoms with E-state index < -0.39 is 4.92 Å². The molecule has 11 heteroatoms. The lowest BCUT2D eigenvalue weighted by Gasteiger charge is -2.09. The quantitative estimate of drug-likeness (QED) is 0.0999. The summed E-state index contributed by atoms with van der Waals surface area (Å²) in [5.41, 5.74) is 5.88. The normalized spacial score (nSPS) is 10.9. The lowest BCUT2D eigenvalue weighted by Crippen LogP contribution is -2.19. The van der Waals surface area contributed by atoms with Gasteiger partial charge in [-0.3, -0.25) is 14.9 Å². The van der Waals surface area contributed by atoms with Crippen LogP contribution in [0.3, 0.4) is 0 Å². The first-order valence-electron chi connectivity index (χ1n) is 9.73. The van der Waals surface area contributed by atoms with Crippen molar-refractivity contribution in [3.63, 3.8) is 0 Å². The number of carbonyl (C=O) groups excluding carboxylic acids is 1. The summed E-state index contributed by atoms with van der Waals surface area (Å²) < 4.78 is 6.67. The number of nitro groups is 1. The Kier molecular flexibility index (Phi) is 8.72. The fourth-order valence-corrected chi connectivity index (χ4v) is 4.13. The molecule has 0 saturated heterocycles. The number of nitrogens with zero attached hydrogens (tertiary/aromatic N) is 4. The number of hydrazone groups is 1. The first kappa shape index (κ1) is 24.6. The molecule has 0 atom stereocenters. The van der Waals surface area contributed by atoms with Crippen LogP contribution in [0, 0.1) is 27.5 Å². The van der Waals surface area contributed by atoms with Crippen LogP contribution in [0.25, 0.3) is 0 Å². The molecule has 0 aliphatic carbocycles. The Labute approximate surface area is 208 Å². The van der Waals surface area contributed by atoms with E-state index in [9.17, 15) is 14.9 Å². The Morgan fingerprint density at radius 3 is 2.52 bits per heavy atom. The molecule has 0 radical (unpaired) electrons. The molecule has 0 saturated carbocycles. The lowest BCUT2D eigenvalue weighted by molar-refractivity contribution is -0.384. The van der Waals surface area contributed by atoms with E-state index in [2.05, 4.69) is 43.1 Å². The first-order chi connectivity index (χ1) is 15.8. The molecule has 0 unspecified atom stereocenters. The van der Waals surface area contributed by atoms with Crippen LogP contribution in [-0.4, -0.2) is 32.8 Å². The number of hydrogen-bond acceptors (Lipinski definition) is 8. The smallest absolute Gasteiger partial charge is 0.269 e. The van der Waals surface area contributed by atoms with Crippen LogP contribution in [0.5, 0.6) is 5.75 Å². The molecule has 0 aliphatic rings. The average molecular weight is 577 g/mol. The summed E-state index contributed by atoms with van der Waals surface area (Å²) in [4.78, 5) is 30.9. The zero-order valence-electron chi connectivity index (χ0n) is 17.8. The summed E-state index contributed by atoms with van der Waals surface area (Å²) in [5, 5.41) is 15.3. The van der Waals surface area contributed by atoms with E-state index >= 15 is 0 Å². The van der Waals surface area contributed by atoms with E-state index in [0.717, 1.165) is 26.1 Å². The maximum atomic E-state index is 12.0. The van der Waals surface area contributed by atoms with Gasteiger partial charge in [-0.05, 0) is 84.0 Å². The van der Waals surface area contributed by atoms with Gasteiger partial charge in [0.05, 0.1) is 20.5 Å². The number of rotatable bonds is 9. The second-order valence-electron chi connectivity index (χ2n) is 6.92. The van der Waals surface area contributed by atoms with Gasteiger partial charge in [0, 0.05) is 23.5 Å². The maximum absolute atomic E-state index is 12.0. The van der Waals surface area contributed by atoms with E-state index in [1.54, 1.807) is 18.3 Å². The fourth-order valence-electron chi connectivity index (χ4n) is 2.69. The number of thioether (sulfide) groups is 1. The third-order valence-corrected chi connectivity index (χ3v) is 5.88. The van der Waals surface area contributed by atoms with Crippen LogP contribution in [0.1, 0.15) is 22.5 Å². The van der Waals surface area contributed by atoms with Crippen LogP contribution in [0.2, 0.25) is 0 Å². The number of nitro benzene ring substituents is 1. The lowest BCUT2D eigenvalue weighted by atomic mass is 10.2. The molecular formula is C22H20IN5O4S. The predicted molar refractivity (Wildman–Crippen MR) is 135 cm³/mol. The molecule has 0 bridgehead atoms. The van der Waals surface area contributed by atoms with Gasteiger partial charge in [0.25, 0.3) is 11.6 Å². The van der Waals surface area contributed by atoms with Gasteiger partial charge in [0.2, 0.25) is 0 Å². The number of aromatic nitrogens is 2. The molecule has 3 aromatic rings. The van der Waals surface area contributed by atoms with E-state index in [0.29, 0.717) is 17.5 Å². The van der Waals surface area contributed by atoms with Gasteiger partial charge >= 0.3 is 0 Å². The number of benzene rings is 2. The number of hydrogen-bond donors (Lipinski definition) is 1. The summed E-state index contributed by atoms with van der Waals surface area (Å²) in [7, 11) is 0. The molecule has 3 rings (SSSR count). The molecule has 33 heavy (non-hydrogen) atoms. The van der Waals surface area contributed by atoms with E-state index in [-0.39, 0.29) is 17.3 Å². The van der Waals surface area contributed by atoms with Crippen molar-refractivity contribution in [2.75, 3.05) is 5.75 Å². The summed E-state index contributed by atoms with van der Waals surface area (Å²) in [5.74, 6) is 0.587. The minimum atomic E-state index is -0.436. The van der Waals surface area contributed by atoms with Gasteiger partial charge in [-0.2, -0.15) is 5.10 Å². The van der Waals surface area contributed by atoms with Crippen LogP contribution in [0.4, 0.5) is 5.69 Å². The topological polar surface area (TPSA) is 120 Å². The molecule has 170 valence electrons. The third-order valence-electron chi connectivity index (χ3n) is 4.19. The summed E-state index contributed by atoms with van der Waals surface area (Å²) in [6.07, 6.45) is 1.55. The second-order valence-corrected chi connectivity index (χ2v) is 9.02. The standard InChI is InChI=1S/C22H20IN5O4S/c1-14-9-15(2)26-22(25-14)33-13-21(29)27-24-11-17-5-8-20(19(23)10-17)32-12-16-3-6-18(7-4-16)28(30)31/h3-11H,12-13H2,1-2H3,(H,27,29)/b24-11-. The van der Waals surface area contributed by atoms with Crippen molar-refractivity contribution in [3.8, 4) is 5.75 Å². The van der Waals surface area contributed by atoms with Crippen molar-refractivity contribution in [1.82, 2.24) is 15.4 Å². The van der Waals surface area contributed by atoms with Gasteiger partial charge in [-0.1, -0.05) is 11.8 Å². The maximum Gasteiger partial charge on any atom is 0.269 e. The van der Waals surface area contributed by atoms with Crippen LogP contribution >= 0.6 is 34.4 Å². The minimum Gasteiger partial charge on any atom is -0.488 e. The van der Waals surface area contributed by atoms with Crippen LogP contribution in [0.15, 0.2) is 58.8 Å². The number of nitrogens with one attached hydrogen (secondary N) is 1. The average Bonchev–Trinajstić information content (AvgIpc) is 2.77. The zero-order chi connectivity index (χ0) is 23.8. The van der Waals surface area contributed by atoms with E-state index in [1.165, 1.54) is 23.9 Å². The highest BCUT2D eigenvalue weighted by molar-refractivity contribution is 14.1. The van der Waals surface area contributed by atoms with Crippen molar-refractivity contribution in [1.29, 1.82) is 0 Å². The number of ether oxygens (including phenoxy) is 1. The number of aryl methyl sites for hydroxylation is 2. The molecule has 0 aliphatic heterocycles. The van der Waals surface area contributed by atoms with Crippen molar-refractivity contribution < 1.29 is 14.5 Å². The number of non-ortho nitro benzene ring substituents is 1. The van der Waals surface area contributed by atoms with Gasteiger partial charge in [-0.25, -0.2) is 15.4 Å². The molecule has 1 aromatic heterocycles. The molecule has 0 spiro atoms. The number of amides is 1. The molecule has 1 amide bonds. The fraction of sp³-hybridized carbons (Fsp3) is 0.182. The largest absolute Gasteiger partial charge is 0.488 e. The van der Waals surface area contributed by atoms with E-state index in [4.69, 9.17) is 4.74 Å². The van der Waals surface area contributed by atoms with Gasteiger partial charge in [0.15, 0.2) is 5.16 Å². The Morgan fingerprint density at radius 1 is 1.18 bits per heavy atom. The van der Waals surface area contributed by atoms with Gasteiger partial charge in [0.1, 0.15) is 12.4 Å². The minimum absolute atomic E-state index is 0.0428. The monoisotopic (exact) mass is 577 g/mol. The highest BCUT2D eigenvalue weighted by Crippen LogP contribution is 2.23. The van der Waals surface area contributed by atoms with Crippen molar-refractivity contribution in [3.05, 3.63) is 84.7 Å². The molecule has 0 fully saturated rings. The molecule has 2 aromatic carbocycles. The molecular weight excluding hydrogens is 557 g/mol. The zero-order valence-corrected chi connectivity index (χ0v) is 20.8. The highest BCUT2D eigenvalue weighted by Gasteiger charge is 2.07. The summed E-state index contributed by atoms with van der Waals surface area (Å²) in [6.45, 7) is 4.06. The predicted octanol–water partition coefficient (Wildman–Crippen LogP) is 4.43. The van der Waals surface area contributed by atoms with Crippen LogP contribution in [-0.2, 0) is 11.4 Å². The first-order valence-corrected chi connectivity index (χ1v) is 11.8. The number of carbonyl (C=O) groups is 1. The SMILES string of the molecule is Cc1cc(C)nc(SCC(=O)N/N=C\c2ccc(OCc3ccc([N+](=O)[O-])cc3)c(I)c2)n1.